The lowest BCUT2D eigenvalue weighted by Crippen LogP contribution is -2.35. The molecule has 8 heteroatoms. The van der Waals surface area contributed by atoms with Gasteiger partial charge in [-0.25, -0.2) is 9.97 Å². The maximum absolute atomic E-state index is 11.7. The molecule has 0 saturated carbocycles. The van der Waals surface area contributed by atoms with Gasteiger partial charge in [0, 0.05) is 31.5 Å². The third-order valence-corrected chi connectivity index (χ3v) is 5.25. The predicted molar refractivity (Wildman–Crippen MR) is 105 cm³/mol. The van der Waals surface area contributed by atoms with Crippen molar-refractivity contribution in [2.24, 2.45) is 0 Å². The SMILES string of the molecule is CN1C(=O)COc2cc(Nc3cc4c(cn3)ncn4CC3CCCO3)ccc21. The van der Waals surface area contributed by atoms with Crippen molar-refractivity contribution in [3.05, 3.63) is 36.8 Å². The minimum Gasteiger partial charge on any atom is -0.481 e. The monoisotopic (exact) mass is 379 g/mol. The van der Waals surface area contributed by atoms with Crippen molar-refractivity contribution in [3.8, 4) is 5.75 Å². The van der Waals surface area contributed by atoms with Crippen LogP contribution in [-0.4, -0.2) is 46.8 Å². The number of amides is 1. The van der Waals surface area contributed by atoms with Crippen molar-refractivity contribution < 1.29 is 14.3 Å². The molecule has 2 aromatic heterocycles. The molecule has 0 bridgehead atoms. The Labute approximate surface area is 162 Å². The molecule has 1 amide bonds. The van der Waals surface area contributed by atoms with Gasteiger partial charge in [0.15, 0.2) is 6.61 Å². The predicted octanol–water partition coefficient (Wildman–Crippen LogP) is 2.71. The van der Waals surface area contributed by atoms with Gasteiger partial charge in [-0.15, -0.1) is 0 Å². The van der Waals surface area contributed by atoms with E-state index >= 15 is 0 Å². The first-order valence-electron chi connectivity index (χ1n) is 9.40. The molecule has 5 rings (SSSR count). The van der Waals surface area contributed by atoms with Gasteiger partial charge in [-0.1, -0.05) is 0 Å². The Morgan fingerprint density at radius 3 is 3.07 bits per heavy atom. The summed E-state index contributed by atoms with van der Waals surface area (Å²) in [6.45, 7) is 1.69. The Hall–Kier alpha value is -3.13. The molecule has 0 radical (unpaired) electrons. The van der Waals surface area contributed by atoms with Gasteiger partial charge in [0.25, 0.3) is 5.91 Å². The summed E-state index contributed by atoms with van der Waals surface area (Å²) in [5.41, 5.74) is 3.49. The van der Waals surface area contributed by atoms with E-state index < -0.39 is 0 Å². The average Bonchev–Trinajstić information content (AvgIpc) is 3.35. The van der Waals surface area contributed by atoms with Crippen LogP contribution >= 0.6 is 0 Å². The molecule has 4 heterocycles. The van der Waals surface area contributed by atoms with Crippen LogP contribution in [0.2, 0.25) is 0 Å². The fraction of sp³-hybridized carbons (Fsp3) is 0.350. The number of fused-ring (bicyclic) bond motifs is 2. The molecule has 1 aromatic carbocycles. The molecule has 0 aliphatic carbocycles. The number of carbonyl (C=O) groups excluding carboxylic acids is 1. The van der Waals surface area contributed by atoms with Crippen LogP contribution in [-0.2, 0) is 16.1 Å². The lowest BCUT2D eigenvalue weighted by Gasteiger charge is -2.26. The molecule has 8 nitrogen and oxygen atoms in total. The summed E-state index contributed by atoms with van der Waals surface area (Å²) >= 11 is 0. The number of nitrogens with one attached hydrogen (secondary N) is 1. The van der Waals surface area contributed by atoms with Crippen LogP contribution in [0.4, 0.5) is 17.2 Å². The number of nitrogens with zero attached hydrogens (tertiary/aromatic N) is 4. The van der Waals surface area contributed by atoms with Gasteiger partial charge in [-0.05, 0) is 25.0 Å². The number of rotatable bonds is 4. The number of carbonyl (C=O) groups is 1. The summed E-state index contributed by atoms with van der Waals surface area (Å²) < 4.78 is 13.4. The summed E-state index contributed by atoms with van der Waals surface area (Å²) in [6.07, 6.45) is 6.07. The van der Waals surface area contributed by atoms with Crippen LogP contribution in [0.25, 0.3) is 11.0 Å². The second kappa shape index (κ2) is 6.79. The fourth-order valence-electron chi connectivity index (χ4n) is 3.69. The van der Waals surface area contributed by atoms with E-state index in [1.54, 1.807) is 18.1 Å². The second-order valence-corrected chi connectivity index (χ2v) is 7.14. The number of pyridine rings is 1. The Morgan fingerprint density at radius 1 is 1.29 bits per heavy atom. The van der Waals surface area contributed by atoms with Gasteiger partial charge in [0.2, 0.25) is 0 Å². The third-order valence-electron chi connectivity index (χ3n) is 5.25. The van der Waals surface area contributed by atoms with Gasteiger partial charge >= 0.3 is 0 Å². The standard InChI is InChI=1S/C20H21N5O3/c1-24-16-5-4-13(7-18(16)28-11-20(24)26)23-19-8-17-15(9-21-19)22-12-25(17)10-14-3-2-6-27-14/h4-5,7-9,12,14H,2-3,6,10-11H2,1H3,(H,21,23). The quantitative estimate of drug-likeness (QED) is 0.751. The van der Waals surface area contributed by atoms with Crippen LogP contribution in [0, 0.1) is 0 Å². The Kier molecular flexibility index (Phi) is 4.12. The van der Waals surface area contributed by atoms with Gasteiger partial charge in [0.05, 0.1) is 36.4 Å². The number of imidazole rings is 1. The summed E-state index contributed by atoms with van der Waals surface area (Å²) in [5.74, 6) is 1.35. The van der Waals surface area contributed by atoms with Crippen molar-refractivity contribution in [1.29, 1.82) is 0 Å². The lowest BCUT2D eigenvalue weighted by molar-refractivity contribution is -0.120. The third kappa shape index (κ3) is 3.05. The number of benzene rings is 1. The first kappa shape index (κ1) is 17.0. The van der Waals surface area contributed by atoms with Crippen LogP contribution in [0.5, 0.6) is 5.75 Å². The maximum Gasteiger partial charge on any atom is 0.264 e. The Balaban J connectivity index is 1.40. The maximum atomic E-state index is 11.7. The Morgan fingerprint density at radius 2 is 2.21 bits per heavy atom. The van der Waals surface area contributed by atoms with Crippen molar-refractivity contribution in [3.63, 3.8) is 0 Å². The molecular formula is C20H21N5O3. The van der Waals surface area contributed by atoms with E-state index in [1.807, 2.05) is 30.6 Å². The highest BCUT2D eigenvalue weighted by Gasteiger charge is 2.22. The average molecular weight is 379 g/mol. The van der Waals surface area contributed by atoms with Crippen molar-refractivity contribution in [2.45, 2.75) is 25.5 Å². The van der Waals surface area contributed by atoms with E-state index in [-0.39, 0.29) is 18.6 Å². The van der Waals surface area contributed by atoms with Gasteiger partial charge in [0.1, 0.15) is 17.1 Å². The number of anilines is 3. The first-order chi connectivity index (χ1) is 13.7. The Bertz CT molecular complexity index is 1040. The minimum atomic E-state index is -0.0557. The van der Waals surface area contributed by atoms with E-state index in [0.29, 0.717) is 5.75 Å². The van der Waals surface area contributed by atoms with Gasteiger partial charge < -0.3 is 24.3 Å². The van der Waals surface area contributed by atoms with Crippen LogP contribution in [0.15, 0.2) is 36.8 Å². The topological polar surface area (TPSA) is 81.5 Å². The van der Waals surface area contributed by atoms with Crippen molar-refractivity contribution in [2.75, 3.05) is 30.5 Å². The highest BCUT2D eigenvalue weighted by Crippen LogP contribution is 2.34. The van der Waals surface area contributed by atoms with Crippen LogP contribution < -0.4 is 15.0 Å². The smallest absolute Gasteiger partial charge is 0.264 e. The van der Waals surface area contributed by atoms with E-state index in [1.165, 1.54) is 0 Å². The summed E-state index contributed by atoms with van der Waals surface area (Å²) in [4.78, 5) is 22.3. The van der Waals surface area contributed by atoms with Crippen molar-refractivity contribution in [1.82, 2.24) is 14.5 Å². The number of ether oxygens (including phenoxy) is 2. The second-order valence-electron chi connectivity index (χ2n) is 7.14. The van der Waals surface area contributed by atoms with Crippen molar-refractivity contribution >= 4 is 34.1 Å². The zero-order valence-electron chi connectivity index (χ0n) is 15.6. The minimum absolute atomic E-state index is 0.0551. The molecular weight excluding hydrogens is 358 g/mol. The molecule has 3 aromatic rings. The lowest BCUT2D eigenvalue weighted by atomic mass is 10.2. The van der Waals surface area contributed by atoms with E-state index in [0.717, 1.165) is 54.2 Å². The molecule has 28 heavy (non-hydrogen) atoms. The highest BCUT2D eigenvalue weighted by atomic mass is 16.5. The van der Waals surface area contributed by atoms with Crippen LogP contribution in [0.1, 0.15) is 12.8 Å². The molecule has 1 saturated heterocycles. The van der Waals surface area contributed by atoms with E-state index in [2.05, 4.69) is 19.9 Å². The van der Waals surface area contributed by atoms with E-state index in [9.17, 15) is 4.79 Å². The highest BCUT2D eigenvalue weighted by molar-refractivity contribution is 5.97. The number of hydrogen-bond donors (Lipinski definition) is 1. The molecule has 1 N–H and O–H groups in total. The number of aromatic nitrogens is 3. The van der Waals surface area contributed by atoms with E-state index in [4.69, 9.17) is 9.47 Å². The summed E-state index contributed by atoms with van der Waals surface area (Å²) in [6, 6.07) is 7.66. The fourth-order valence-corrected chi connectivity index (χ4v) is 3.69. The van der Waals surface area contributed by atoms with Gasteiger partial charge in [-0.3, -0.25) is 4.79 Å². The normalized spacial score (nSPS) is 19.0. The van der Waals surface area contributed by atoms with Crippen LogP contribution in [0.3, 0.4) is 0 Å². The molecule has 1 atom stereocenters. The zero-order valence-corrected chi connectivity index (χ0v) is 15.6. The number of hydrogen-bond acceptors (Lipinski definition) is 6. The molecule has 1 fully saturated rings. The largest absolute Gasteiger partial charge is 0.481 e. The molecule has 144 valence electrons. The molecule has 2 aliphatic rings. The first-order valence-corrected chi connectivity index (χ1v) is 9.40. The summed E-state index contributed by atoms with van der Waals surface area (Å²) in [5, 5.41) is 3.32. The zero-order chi connectivity index (χ0) is 19.1. The van der Waals surface area contributed by atoms with Gasteiger partial charge in [-0.2, -0.15) is 0 Å². The number of likely N-dealkylation sites (N-methyl/N-ethyl adjacent to an activating group) is 1. The molecule has 1 unspecified atom stereocenters. The molecule has 2 aliphatic heterocycles. The molecule has 0 spiro atoms. The summed E-state index contributed by atoms with van der Waals surface area (Å²) in [7, 11) is 1.75.